The molecule has 5 heteroatoms. The van der Waals surface area contributed by atoms with Gasteiger partial charge in [0.05, 0.1) is 6.61 Å². The number of likely N-dealkylation sites (tertiary alicyclic amines) is 1. The minimum absolute atomic E-state index is 0.290. The Morgan fingerprint density at radius 2 is 1.81 bits per heavy atom. The van der Waals surface area contributed by atoms with Gasteiger partial charge in [-0.1, -0.05) is 24.3 Å². The average Bonchev–Trinajstić information content (AvgIpc) is 3.18. The molecule has 1 fully saturated rings. The predicted molar refractivity (Wildman–Crippen MR) is 108 cm³/mol. The van der Waals surface area contributed by atoms with Gasteiger partial charge in [-0.15, -0.1) is 0 Å². The zero-order valence-electron chi connectivity index (χ0n) is 16.2. The number of hydrogen-bond donors (Lipinski definition) is 1. The monoisotopic (exact) mass is 369 g/mol. The fourth-order valence-corrected chi connectivity index (χ4v) is 3.37. The van der Waals surface area contributed by atoms with Crippen molar-refractivity contribution in [2.24, 2.45) is 0 Å². The Hall–Kier alpha value is -2.40. The smallest absolute Gasteiger partial charge is 0.131 e. The van der Waals surface area contributed by atoms with Crippen LogP contribution in [0.1, 0.15) is 24.8 Å². The SMILES string of the molecule is CN(C)C(=N)c1ccc(-c2ccc(OCCCN3CCCC3)cc2)c(F)c1. The highest BCUT2D eigenvalue weighted by atomic mass is 19.1. The highest BCUT2D eigenvalue weighted by molar-refractivity contribution is 5.96. The molecule has 0 unspecified atom stereocenters. The summed E-state index contributed by atoms with van der Waals surface area (Å²) in [6.45, 7) is 4.23. The molecule has 1 heterocycles. The Morgan fingerprint density at radius 3 is 2.44 bits per heavy atom. The number of ether oxygens (including phenoxy) is 1. The molecule has 0 amide bonds. The minimum Gasteiger partial charge on any atom is -0.494 e. The Labute approximate surface area is 161 Å². The quantitative estimate of drug-likeness (QED) is 0.451. The molecule has 0 bridgehead atoms. The van der Waals surface area contributed by atoms with Crippen LogP contribution in [-0.2, 0) is 0 Å². The second-order valence-corrected chi connectivity index (χ2v) is 7.21. The van der Waals surface area contributed by atoms with E-state index in [1.807, 2.05) is 24.3 Å². The summed E-state index contributed by atoms with van der Waals surface area (Å²) in [5, 5.41) is 7.96. The first-order valence-electron chi connectivity index (χ1n) is 9.56. The van der Waals surface area contributed by atoms with Crippen molar-refractivity contribution in [1.82, 2.24) is 9.80 Å². The molecular formula is C22H28FN3O. The summed E-state index contributed by atoms with van der Waals surface area (Å²) in [5.74, 6) is 0.781. The third-order valence-corrected chi connectivity index (χ3v) is 4.94. The van der Waals surface area contributed by atoms with Crippen molar-refractivity contribution in [3.63, 3.8) is 0 Å². The number of hydrogen-bond acceptors (Lipinski definition) is 3. The molecule has 4 nitrogen and oxygen atoms in total. The molecule has 2 aromatic rings. The Kier molecular flexibility index (Phi) is 6.45. The first kappa shape index (κ1) is 19.4. The van der Waals surface area contributed by atoms with Crippen molar-refractivity contribution >= 4 is 5.84 Å². The molecule has 27 heavy (non-hydrogen) atoms. The van der Waals surface area contributed by atoms with Gasteiger partial charge in [0.2, 0.25) is 0 Å². The normalized spacial score (nSPS) is 14.3. The van der Waals surface area contributed by atoms with Crippen LogP contribution in [-0.4, -0.2) is 56.0 Å². The molecule has 0 atom stereocenters. The maximum atomic E-state index is 14.5. The van der Waals surface area contributed by atoms with Gasteiger partial charge in [0.15, 0.2) is 0 Å². The second-order valence-electron chi connectivity index (χ2n) is 7.21. The van der Waals surface area contributed by atoms with Crippen LogP contribution in [0.2, 0.25) is 0 Å². The molecule has 1 aliphatic rings. The van der Waals surface area contributed by atoms with Crippen LogP contribution in [0.25, 0.3) is 11.1 Å². The van der Waals surface area contributed by atoms with Crippen molar-refractivity contribution in [2.45, 2.75) is 19.3 Å². The van der Waals surface area contributed by atoms with Gasteiger partial charge in [0.1, 0.15) is 17.4 Å². The Morgan fingerprint density at radius 1 is 1.11 bits per heavy atom. The van der Waals surface area contributed by atoms with Gasteiger partial charge in [-0.25, -0.2) is 4.39 Å². The van der Waals surface area contributed by atoms with Crippen molar-refractivity contribution < 1.29 is 9.13 Å². The predicted octanol–water partition coefficient (Wildman–Crippen LogP) is 4.24. The van der Waals surface area contributed by atoms with Gasteiger partial charge in [-0.3, -0.25) is 5.41 Å². The van der Waals surface area contributed by atoms with Crippen LogP contribution in [0.15, 0.2) is 42.5 Å². The summed E-state index contributed by atoms with van der Waals surface area (Å²) in [6, 6.07) is 12.5. The van der Waals surface area contributed by atoms with E-state index >= 15 is 0 Å². The van der Waals surface area contributed by atoms with Gasteiger partial charge in [0.25, 0.3) is 0 Å². The van der Waals surface area contributed by atoms with E-state index < -0.39 is 0 Å². The molecule has 0 saturated carbocycles. The number of amidine groups is 1. The Bertz CT molecular complexity index is 768. The number of halogens is 1. The van der Waals surface area contributed by atoms with Gasteiger partial charge < -0.3 is 14.5 Å². The van der Waals surface area contributed by atoms with Crippen LogP contribution < -0.4 is 4.74 Å². The molecule has 0 aliphatic carbocycles. The zero-order valence-corrected chi connectivity index (χ0v) is 16.2. The number of rotatable bonds is 7. The van der Waals surface area contributed by atoms with Crippen molar-refractivity contribution in [3.05, 3.63) is 53.8 Å². The third-order valence-electron chi connectivity index (χ3n) is 4.94. The maximum absolute atomic E-state index is 14.5. The largest absolute Gasteiger partial charge is 0.494 e. The van der Waals surface area contributed by atoms with E-state index in [1.54, 1.807) is 31.1 Å². The zero-order chi connectivity index (χ0) is 19.2. The summed E-state index contributed by atoms with van der Waals surface area (Å²) in [5.41, 5.74) is 1.91. The minimum atomic E-state index is -0.321. The van der Waals surface area contributed by atoms with Crippen LogP contribution in [0.3, 0.4) is 0 Å². The molecule has 144 valence electrons. The third kappa shape index (κ3) is 5.07. The highest BCUT2D eigenvalue weighted by Gasteiger charge is 2.11. The van der Waals surface area contributed by atoms with E-state index in [2.05, 4.69) is 4.90 Å². The van der Waals surface area contributed by atoms with E-state index in [0.717, 1.165) is 24.3 Å². The fraction of sp³-hybridized carbons (Fsp3) is 0.409. The van der Waals surface area contributed by atoms with E-state index in [1.165, 1.54) is 32.0 Å². The van der Waals surface area contributed by atoms with Gasteiger partial charge in [0, 0.05) is 31.8 Å². The summed E-state index contributed by atoms with van der Waals surface area (Å²) in [6.07, 6.45) is 3.65. The summed E-state index contributed by atoms with van der Waals surface area (Å²) < 4.78 is 20.3. The van der Waals surface area contributed by atoms with Crippen molar-refractivity contribution in [1.29, 1.82) is 5.41 Å². The van der Waals surface area contributed by atoms with Crippen LogP contribution in [0.5, 0.6) is 5.75 Å². The van der Waals surface area contributed by atoms with Gasteiger partial charge in [-0.2, -0.15) is 0 Å². The van der Waals surface area contributed by atoms with E-state index in [9.17, 15) is 4.39 Å². The summed E-state index contributed by atoms with van der Waals surface area (Å²) in [7, 11) is 3.55. The van der Waals surface area contributed by atoms with E-state index in [4.69, 9.17) is 10.1 Å². The lowest BCUT2D eigenvalue weighted by Crippen LogP contribution is -2.21. The lowest BCUT2D eigenvalue weighted by atomic mass is 10.0. The molecule has 0 spiro atoms. The average molecular weight is 369 g/mol. The molecule has 0 radical (unpaired) electrons. The molecule has 1 saturated heterocycles. The number of nitrogens with one attached hydrogen (secondary N) is 1. The lowest BCUT2D eigenvalue weighted by Gasteiger charge is -2.15. The van der Waals surface area contributed by atoms with Crippen LogP contribution in [0.4, 0.5) is 4.39 Å². The number of nitrogens with zero attached hydrogens (tertiary/aromatic N) is 2. The van der Waals surface area contributed by atoms with Gasteiger partial charge >= 0.3 is 0 Å². The molecule has 2 aromatic carbocycles. The topological polar surface area (TPSA) is 39.6 Å². The first-order chi connectivity index (χ1) is 13.0. The van der Waals surface area contributed by atoms with Crippen molar-refractivity contribution in [3.8, 4) is 16.9 Å². The summed E-state index contributed by atoms with van der Waals surface area (Å²) in [4.78, 5) is 4.14. The standard InChI is InChI=1S/C22H28FN3O/c1-25(2)22(24)18-8-11-20(21(23)16-18)17-6-9-19(10-7-17)27-15-5-14-26-12-3-4-13-26/h6-11,16,24H,3-5,12-15H2,1-2H3. The maximum Gasteiger partial charge on any atom is 0.131 e. The molecule has 0 aromatic heterocycles. The highest BCUT2D eigenvalue weighted by Crippen LogP contribution is 2.26. The van der Waals surface area contributed by atoms with Crippen LogP contribution in [0, 0.1) is 11.2 Å². The van der Waals surface area contributed by atoms with Crippen molar-refractivity contribution in [2.75, 3.05) is 40.3 Å². The summed E-state index contributed by atoms with van der Waals surface area (Å²) >= 11 is 0. The van der Waals surface area contributed by atoms with Crippen LogP contribution >= 0.6 is 0 Å². The lowest BCUT2D eigenvalue weighted by molar-refractivity contribution is 0.263. The Balaban J connectivity index is 1.57. The molecule has 1 N–H and O–H groups in total. The second kappa shape index (κ2) is 9.00. The molecule has 1 aliphatic heterocycles. The van der Waals surface area contributed by atoms with E-state index in [-0.39, 0.29) is 11.7 Å². The van der Waals surface area contributed by atoms with Gasteiger partial charge in [-0.05, 0) is 56.1 Å². The molecular weight excluding hydrogens is 341 g/mol. The first-order valence-corrected chi connectivity index (χ1v) is 9.56. The van der Waals surface area contributed by atoms with E-state index in [0.29, 0.717) is 17.7 Å². The fourth-order valence-electron chi connectivity index (χ4n) is 3.37. The molecule has 3 rings (SSSR count). The number of benzene rings is 2.